The number of nitrogens with one attached hydrogen (secondary N) is 1. The van der Waals surface area contributed by atoms with E-state index in [0.29, 0.717) is 11.3 Å². The summed E-state index contributed by atoms with van der Waals surface area (Å²) in [6, 6.07) is 19.1. The Morgan fingerprint density at radius 1 is 1.00 bits per heavy atom. The molecule has 0 saturated carbocycles. The summed E-state index contributed by atoms with van der Waals surface area (Å²) >= 11 is 0. The number of rotatable bonds is 8. The first-order valence-electron chi connectivity index (χ1n) is 11.4. The van der Waals surface area contributed by atoms with Gasteiger partial charge >= 0.3 is 11.7 Å². The quantitative estimate of drug-likeness (QED) is 0.384. The highest BCUT2D eigenvalue weighted by Gasteiger charge is 2.51. The number of carbonyl (C=O) groups is 2. The van der Waals surface area contributed by atoms with Gasteiger partial charge in [0.05, 0.1) is 11.3 Å². The number of hydrogen-bond donors (Lipinski definition) is 2. The molecule has 0 fully saturated rings. The highest BCUT2D eigenvalue weighted by atomic mass is 19.1. The van der Waals surface area contributed by atoms with Gasteiger partial charge in [0.2, 0.25) is 0 Å². The predicted octanol–water partition coefficient (Wildman–Crippen LogP) is 3.11. The van der Waals surface area contributed by atoms with Crippen molar-refractivity contribution in [3.8, 4) is 17.1 Å². The number of carbonyl (C=O) groups excluding carboxylic acids is 2. The van der Waals surface area contributed by atoms with Crippen molar-refractivity contribution in [3.05, 3.63) is 115 Å². The number of amides is 2. The lowest BCUT2D eigenvalue weighted by molar-refractivity contribution is -0.182. The predicted molar refractivity (Wildman–Crippen MR) is 131 cm³/mol. The molecule has 37 heavy (non-hydrogen) atoms. The van der Waals surface area contributed by atoms with E-state index in [9.17, 15) is 14.0 Å². The number of primary amides is 1. The van der Waals surface area contributed by atoms with Crippen molar-refractivity contribution in [3.63, 3.8) is 0 Å². The molecule has 3 N–H and O–H groups in total. The van der Waals surface area contributed by atoms with Crippen LogP contribution in [0.4, 0.5) is 4.39 Å². The van der Waals surface area contributed by atoms with E-state index in [1.165, 1.54) is 35.5 Å². The van der Waals surface area contributed by atoms with Crippen LogP contribution in [0.5, 0.6) is 0 Å². The van der Waals surface area contributed by atoms with E-state index < -0.39 is 23.6 Å². The zero-order valence-corrected chi connectivity index (χ0v) is 19.5. The Hall–Kier alpha value is -4.99. The van der Waals surface area contributed by atoms with Gasteiger partial charge in [0.25, 0.3) is 5.91 Å². The maximum Gasteiger partial charge on any atom is 0.352 e. The van der Waals surface area contributed by atoms with Crippen LogP contribution >= 0.6 is 0 Å². The van der Waals surface area contributed by atoms with E-state index >= 15 is 0 Å². The Morgan fingerprint density at radius 3 is 2.43 bits per heavy atom. The molecule has 0 aliphatic carbocycles. The second-order valence-electron chi connectivity index (χ2n) is 8.28. The largest absolute Gasteiger partial charge is 0.447 e. The second-order valence-corrected chi connectivity index (χ2v) is 8.28. The molecule has 0 saturated heterocycles. The van der Waals surface area contributed by atoms with E-state index in [-0.39, 0.29) is 23.6 Å². The highest BCUT2D eigenvalue weighted by molar-refractivity contribution is 5.98. The average molecular weight is 500 g/mol. The van der Waals surface area contributed by atoms with E-state index in [2.05, 4.69) is 15.4 Å². The van der Waals surface area contributed by atoms with Gasteiger partial charge in [-0.3, -0.25) is 9.59 Å². The van der Waals surface area contributed by atoms with Crippen molar-refractivity contribution in [2.45, 2.75) is 18.2 Å². The van der Waals surface area contributed by atoms with E-state index in [4.69, 9.17) is 15.2 Å². The summed E-state index contributed by atoms with van der Waals surface area (Å²) in [6.07, 6.45) is 5.81. The minimum Gasteiger partial charge on any atom is -0.447 e. The maximum atomic E-state index is 13.6. The summed E-state index contributed by atoms with van der Waals surface area (Å²) in [5, 5.41) is 7.36. The van der Waals surface area contributed by atoms with Gasteiger partial charge in [0.15, 0.2) is 5.82 Å². The molecule has 3 heterocycles. The molecule has 10 heteroatoms. The van der Waals surface area contributed by atoms with Gasteiger partial charge in [-0.15, -0.1) is 0 Å². The number of aromatic nitrogens is 3. The Balaban J connectivity index is 1.46. The van der Waals surface area contributed by atoms with Gasteiger partial charge in [0, 0.05) is 24.4 Å². The maximum absolute atomic E-state index is 13.6. The second kappa shape index (κ2) is 9.94. The summed E-state index contributed by atoms with van der Waals surface area (Å²) < 4.78 is 25.8. The van der Waals surface area contributed by atoms with Gasteiger partial charge in [-0.2, -0.15) is 5.10 Å². The molecule has 0 radical (unpaired) electrons. The van der Waals surface area contributed by atoms with Gasteiger partial charge in [0.1, 0.15) is 24.4 Å². The summed E-state index contributed by atoms with van der Waals surface area (Å²) in [5.41, 5.74) is 7.96. The van der Waals surface area contributed by atoms with Crippen LogP contribution < -0.4 is 11.1 Å². The number of ether oxygens (including phenoxy) is 2. The van der Waals surface area contributed by atoms with Gasteiger partial charge < -0.3 is 20.5 Å². The Morgan fingerprint density at radius 2 is 1.73 bits per heavy atom. The zero-order valence-electron chi connectivity index (χ0n) is 19.5. The molecule has 1 aliphatic rings. The monoisotopic (exact) mass is 499 g/mol. The van der Waals surface area contributed by atoms with Crippen molar-refractivity contribution in [2.75, 3.05) is 0 Å². The number of halogens is 1. The molecular formula is C27H22FN5O4. The van der Waals surface area contributed by atoms with Crippen LogP contribution in [0.1, 0.15) is 15.9 Å². The molecule has 2 aromatic heterocycles. The summed E-state index contributed by atoms with van der Waals surface area (Å²) in [4.78, 5) is 30.4. The molecular weight excluding hydrogens is 477 g/mol. The fourth-order valence-electron chi connectivity index (χ4n) is 4.08. The van der Waals surface area contributed by atoms with Crippen LogP contribution in [0.15, 0.2) is 97.7 Å². The van der Waals surface area contributed by atoms with Crippen LogP contribution in [-0.4, -0.2) is 38.4 Å². The van der Waals surface area contributed by atoms with Crippen molar-refractivity contribution >= 4 is 11.8 Å². The standard InChI is InChI=1S/C27H22FN5O4/c28-20-10-8-19(9-11-20)22-12-14-33(32-22)24-21(7-4-13-30-24)25(34)31-23(17-18-5-2-1-3-6-18)27(26(29)35)36-15-16-37-27/h1-16,23H,17H2,(H2,29,35)(H,31,34). The van der Waals surface area contributed by atoms with Crippen molar-refractivity contribution < 1.29 is 23.5 Å². The lowest BCUT2D eigenvalue weighted by Gasteiger charge is -2.33. The molecule has 2 amide bonds. The first-order chi connectivity index (χ1) is 18.0. The lowest BCUT2D eigenvalue weighted by atomic mass is 9.97. The van der Waals surface area contributed by atoms with Crippen LogP contribution in [0.3, 0.4) is 0 Å². The van der Waals surface area contributed by atoms with E-state index in [0.717, 1.165) is 5.56 Å². The third-order valence-corrected chi connectivity index (χ3v) is 5.91. The number of benzene rings is 2. The Bertz CT molecular complexity index is 1450. The average Bonchev–Trinajstić information content (AvgIpc) is 3.61. The summed E-state index contributed by atoms with van der Waals surface area (Å²) in [5.74, 6) is -3.44. The number of nitrogens with two attached hydrogens (primary N) is 1. The molecule has 0 bridgehead atoms. The van der Waals surface area contributed by atoms with Gasteiger partial charge in [-0.05, 0) is 48.0 Å². The molecule has 9 nitrogen and oxygen atoms in total. The Kier molecular flexibility index (Phi) is 6.38. The number of hydrogen-bond acceptors (Lipinski definition) is 6. The Labute approximate surface area is 211 Å². The molecule has 1 aliphatic heterocycles. The van der Waals surface area contributed by atoms with Crippen molar-refractivity contribution in [1.82, 2.24) is 20.1 Å². The third kappa shape index (κ3) is 4.76. The molecule has 2 aromatic carbocycles. The van der Waals surface area contributed by atoms with Crippen LogP contribution in [-0.2, 0) is 20.7 Å². The van der Waals surface area contributed by atoms with Crippen molar-refractivity contribution in [2.24, 2.45) is 5.73 Å². The number of pyridine rings is 1. The topological polar surface area (TPSA) is 121 Å². The first kappa shape index (κ1) is 23.7. The smallest absolute Gasteiger partial charge is 0.352 e. The van der Waals surface area contributed by atoms with E-state index in [1.54, 1.807) is 36.5 Å². The molecule has 1 atom stereocenters. The van der Waals surface area contributed by atoms with Gasteiger partial charge in [-0.25, -0.2) is 14.1 Å². The zero-order chi connectivity index (χ0) is 25.8. The van der Waals surface area contributed by atoms with Crippen LogP contribution in [0.25, 0.3) is 17.1 Å². The minimum absolute atomic E-state index is 0.194. The minimum atomic E-state index is -1.92. The molecule has 4 aromatic rings. The molecule has 186 valence electrons. The highest BCUT2D eigenvalue weighted by Crippen LogP contribution is 2.28. The summed E-state index contributed by atoms with van der Waals surface area (Å²) in [7, 11) is 0. The van der Waals surface area contributed by atoms with Gasteiger partial charge in [-0.1, -0.05) is 30.3 Å². The fraction of sp³-hybridized carbons (Fsp3) is 0.111. The summed E-state index contributed by atoms with van der Waals surface area (Å²) in [6.45, 7) is 0. The number of nitrogens with zero attached hydrogens (tertiary/aromatic N) is 3. The van der Waals surface area contributed by atoms with E-state index in [1.807, 2.05) is 30.3 Å². The van der Waals surface area contributed by atoms with Crippen LogP contribution in [0, 0.1) is 5.82 Å². The van der Waals surface area contributed by atoms with Crippen LogP contribution in [0.2, 0.25) is 0 Å². The fourth-order valence-corrected chi connectivity index (χ4v) is 4.08. The third-order valence-electron chi connectivity index (χ3n) is 5.91. The first-order valence-corrected chi connectivity index (χ1v) is 11.4. The molecule has 0 spiro atoms. The molecule has 5 rings (SSSR count). The van der Waals surface area contributed by atoms with Crippen molar-refractivity contribution in [1.29, 1.82) is 0 Å². The molecule has 1 unspecified atom stereocenters. The normalized spacial score (nSPS) is 14.4. The lowest BCUT2D eigenvalue weighted by Crippen LogP contribution is -2.61. The SMILES string of the molecule is NC(=O)C1(C(Cc2ccccc2)NC(=O)c2cccnc2-n2ccc(-c3ccc(F)cc3)n2)OC=CO1.